The third-order valence-electron chi connectivity index (χ3n) is 3.25. The first kappa shape index (κ1) is 15.1. The summed E-state index contributed by atoms with van der Waals surface area (Å²) >= 11 is 0. The summed E-state index contributed by atoms with van der Waals surface area (Å²) in [5, 5.41) is 18.2. The van der Waals surface area contributed by atoms with Crippen molar-refractivity contribution in [2.24, 2.45) is 0 Å². The van der Waals surface area contributed by atoms with Crippen LogP contribution in [-0.2, 0) is 0 Å². The van der Waals surface area contributed by atoms with Crippen molar-refractivity contribution in [1.82, 2.24) is 4.98 Å². The first-order chi connectivity index (χ1) is 10.2. The number of benzene rings is 1. The van der Waals surface area contributed by atoms with Crippen molar-refractivity contribution >= 4 is 17.8 Å². The quantitative estimate of drug-likeness (QED) is 0.856. The summed E-state index contributed by atoms with van der Waals surface area (Å²) < 4.78 is 0. The van der Waals surface area contributed by atoms with Crippen LogP contribution in [0, 0.1) is 0 Å². The summed E-state index contributed by atoms with van der Waals surface area (Å²) in [4.78, 5) is 5.96. The zero-order valence-corrected chi connectivity index (χ0v) is 12.1. The molecule has 0 saturated carbocycles. The molecule has 0 aliphatic heterocycles. The Balaban J connectivity index is 2.06. The molecular weight excluding hydrogens is 264 g/mol. The van der Waals surface area contributed by atoms with Crippen LogP contribution in [0.3, 0.4) is 0 Å². The second-order valence-corrected chi connectivity index (χ2v) is 4.68. The Morgan fingerprint density at radius 2 is 1.71 bits per heavy atom. The fraction of sp³-hybridized carbons (Fsp3) is 0.235. The second kappa shape index (κ2) is 7.45. The molecule has 4 heteroatoms. The van der Waals surface area contributed by atoms with Crippen molar-refractivity contribution in [2.75, 3.05) is 24.6 Å². The Hall–Kier alpha value is -2.33. The molecule has 0 amide bonds. The van der Waals surface area contributed by atoms with Gasteiger partial charge in [0.1, 0.15) is 0 Å². The van der Waals surface area contributed by atoms with Crippen LogP contribution < -0.4 is 4.90 Å². The van der Waals surface area contributed by atoms with E-state index in [0.29, 0.717) is 6.54 Å². The molecule has 2 rings (SSSR count). The number of anilines is 1. The number of hydrogen-bond donors (Lipinski definition) is 2. The average molecular weight is 284 g/mol. The Morgan fingerprint density at radius 3 is 2.29 bits per heavy atom. The molecule has 0 bridgehead atoms. The monoisotopic (exact) mass is 284 g/mol. The first-order valence-electron chi connectivity index (χ1n) is 7.02. The minimum absolute atomic E-state index is 0.0278. The second-order valence-electron chi connectivity index (χ2n) is 4.68. The molecule has 0 unspecified atom stereocenters. The van der Waals surface area contributed by atoms with Gasteiger partial charge in [0.05, 0.1) is 6.61 Å². The lowest BCUT2D eigenvalue weighted by molar-refractivity contribution is 0.302. The molecule has 1 aromatic heterocycles. The van der Waals surface area contributed by atoms with Crippen molar-refractivity contribution in [3.8, 4) is 5.88 Å². The van der Waals surface area contributed by atoms with Gasteiger partial charge in [0, 0.05) is 31.0 Å². The Kier molecular flexibility index (Phi) is 5.35. The number of aliphatic hydroxyl groups excluding tert-OH is 1. The molecule has 0 aliphatic carbocycles. The fourth-order valence-electron chi connectivity index (χ4n) is 2.08. The molecular formula is C17H20N2O2. The Labute approximate surface area is 125 Å². The molecule has 0 spiro atoms. The number of pyridine rings is 1. The molecule has 0 saturated heterocycles. The predicted molar refractivity (Wildman–Crippen MR) is 86.2 cm³/mol. The van der Waals surface area contributed by atoms with E-state index < -0.39 is 0 Å². The smallest absolute Gasteiger partial charge is 0.210 e. The van der Waals surface area contributed by atoms with E-state index in [-0.39, 0.29) is 12.5 Å². The highest BCUT2D eigenvalue weighted by molar-refractivity contribution is 5.70. The van der Waals surface area contributed by atoms with E-state index in [2.05, 4.69) is 16.8 Å². The van der Waals surface area contributed by atoms with Gasteiger partial charge in [-0.2, -0.15) is 0 Å². The minimum Gasteiger partial charge on any atom is -0.493 e. The van der Waals surface area contributed by atoms with E-state index in [0.717, 1.165) is 23.4 Å². The zero-order chi connectivity index (χ0) is 15.1. The van der Waals surface area contributed by atoms with Gasteiger partial charge in [-0.15, -0.1) is 0 Å². The third-order valence-corrected chi connectivity index (χ3v) is 3.25. The van der Waals surface area contributed by atoms with Crippen LogP contribution in [0.15, 0.2) is 42.6 Å². The predicted octanol–water partition coefficient (Wildman–Crippen LogP) is 2.78. The molecule has 2 aromatic rings. The van der Waals surface area contributed by atoms with Crippen molar-refractivity contribution in [1.29, 1.82) is 0 Å². The highest BCUT2D eigenvalue weighted by Gasteiger charge is 2.02. The normalized spacial score (nSPS) is 11.0. The molecule has 0 atom stereocenters. The summed E-state index contributed by atoms with van der Waals surface area (Å²) in [6.07, 6.45) is 5.58. The molecule has 4 nitrogen and oxygen atoms in total. The number of nitrogens with zero attached hydrogens (tertiary/aromatic N) is 2. The van der Waals surface area contributed by atoms with Crippen molar-refractivity contribution in [3.63, 3.8) is 0 Å². The summed E-state index contributed by atoms with van der Waals surface area (Å²) in [5.41, 5.74) is 3.13. The summed E-state index contributed by atoms with van der Waals surface area (Å²) in [5.74, 6) is 0.0278. The lowest BCUT2D eigenvalue weighted by atomic mass is 10.1. The van der Waals surface area contributed by atoms with Crippen LogP contribution in [0.25, 0.3) is 12.2 Å². The molecule has 1 heterocycles. The highest BCUT2D eigenvalue weighted by Crippen LogP contribution is 2.16. The van der Waals surface area contributed by atoms with E-state index >= 15 is 0 Å². The van der Waals surface area contributed by atoms with Crippen LogP contribution >= 0.6 is 0 Å². The van der Waals surface area contributed by atoms with E-state index in [1.54, 1.807) is 12.3 Å². The number of hydrogen-bond acceptors (Lipinski definition) is 4. The Morgan fingerprint density at radius 1 is 1.05 bits per heavy atom. The van der Waals surface area contributed by atoms with Gasteiger partial charge in [0.15, 0.2) is 0 Å². The van der Waals surface area contributed by atoms with Gasteiger partial charge < -0.3 is 15.1 Å². The maximum atomic E-state index is 9.13. The van der Waals surface area contributed by atoms with Crippen LogP contribution in [-0.4, -0.2) is 34.9 Å². The molecule has 2 N–H and O–H groups in total. The summed E-state index contributed by atoms with van der Waals surface area (Å²) in [7, 11) is 0. The highest BCUT2D eigenvalue weighted by atomic mass is 16.3. The molecule has 1 aromatic carbocycles. The standard InChI is InChI=1S/C17H20N2O2/c1-2-19(11-12-20)16-8-5-14(6-9-16)3-4-15-7-10-17(21)18-13-15/h3-10,13,20H,2,11-12H2,1H3,(H,18,21)/b4-3+. The number of rotatable bonds is 6. The van der Waals surface area contributed by atoms with Crippen molar-refractivity contribution in [2.45, 2.75) is 6.92 Å². The molecule has 110 valence electrons. The van der Waals surface area contributed by atoms with E-state index in [9.17, 15) is 0 Å². The van der Waals surface area contributed by atoms with Crippen LogP contribution in [0.1, 0.15) is 18.1 Å². The molecule has 0 aliphatic rings. The maximum Gasteiger partial charge on any atom is 0.210 e. The van der Waals surface area contributed by atoms with Gasteiger partial charge in [-0.3, -0.25) is 0 Å². The fourth-order valence-corrected chi connectivity index (χ4v) is 2.08. The van der Waals surface area contributed by atoms with Crippen LogP contribution in [0.5, 0.6) is 5.88 Å². The average Bonchev–Trinajstić information content (AvgIpc) is 2.53. The lowest BCUT2D eigenvalue weighted by Gasteiger charge is -2.21. The first-order valence-corrected chi connectivity index (χ1v) is 7.02. The maximum absolute atomic E-state index is 9.13. The zero-order valence-electron chi connectivity index (χ0n) is 12.1. The van der Waals surface area contributed by atoms with Crippen LogP contribution in [0.4, 0.5) is 5.69 Å². The topological polar surface area (TPSA) is 56.6 Å². The number of aromatic nitrogens is 1. The molecule has 0 radical (unpaired) electrons. The molecule has 21 heavy (non-hydrogen) atoms. The summed E-state index contributed by atoms with van der Waals surface area (Å²) in [6, 6.07) is 11.6. The minimum atomic E-state index is 0.0278. The van der Waals surface area contributed by atoms with Gasteiger partial charge in [-0.25, -0.2) is 4.98 Å². The van der Waals surface area contributed by atoms with Gasteiger partial charge in [0.25, 0.3) is 0 Å². The molecule has 0 fully saturated rings. The van der Waals surface area contributed by atoms with Gasteiger partial charge >= 0.3 is 0 Å². The largest absolute Gasteiger partial charge is 0.493 e. The number of likely N-dealkylation sites (N-methyl/N-ethyl adjacent to an activating group) is 1. The SMILES string of the molecule is CCN(CCO)c1ccc(/C=C/c2ccc(O)nc2)cc1. The lowest BCUT2D eigenvalue weighted by Crippen LogP contribution is -2.25. The van der Waals surface area contributed by atoms with E-state index in [1.165, 1.54) is 0 Å². The third kappa shape index (κ3) is 4.33. The Bertz CT molecular complexity index is 577. The van der Waals surface area contributed by atoms with Crippen molar-refractivity contribution in [3.05, 3.63) is 53.7 Å². The summed E-state index contributed by atoms with van der Waals surface area (Å²) in [6.45, 7) is 3.74. The van der Waals surface area contributed by atoms with Crippen molar-refractivity contribution < 1.29 is 10.2 Å². The van der Waals surface area contributed by atoms with Gasteiger partial charge in [0.2, 0.25) is 5.88 Å². The van der Waals surface area contributed by atoms with Gasteiger partial charge in [-0.05, 0) is 36.2 Å². The number of aromatic hydroxyl groups is 1. The van der Waals surface area contributed by atoms with E-state index in [1.807, 2.05) is 42.5 Å². The van der Waals surface area contributed by atoms with Gasteiger partial charge in [-0.1, -0.05) is 24.3 Å². The number of aliphatic hydroxyl groups is 1. The van der Waals surface area contributed by atoms with E-state index in [4.69, 9.17) is 10.2 Å². The van der Waals surface area contributed by atoms with Crippen LogP contribution in [0.2, 0.25) is 0 Å².